The molecule has 5 N–H and O–H groups in total. The fraction of sp³-hybridized carbons (Fsp3) is 0.0333. The lowest BCUT2D eigenvalue weighted by Gasteiger charge is -2.10. The van der Waals surface area contributed by atoms with Gasteiger partial charge in [-0.15, -0.1) is 0 Å². The van der Waals surface area contributed by atoms with Crippen LogP contribution in [0, 0.1) is 0 Å². The maximum absolute atomic E-state index is 15.2. The monoisotopic (exact) mass is 553 g/mol. The van der Waals surface area contributed by atoms with Crippen molar-refractivity contribution in [2.75, 3.05) is 11.1 Å². The zero-order valence-electron chi connectivity index (χ0n) is 21.3. The number of fused-ring (bicyclic) bond motifs is 1. The molecule has 0 aliphatic carbocycles. The number of nitrogens with one attached hydrogen (secondary N) is 1. The lowest BCUT2D eigenvalue weighted by Crippen LogP contribution is -2.14. The van der Waals surface area contributed by atoms with Crippen LogP contribution < -0.4 is 16.2 Å². The molecule has 2 heterocycles. The average Bonchev–Trinajstić information content (AvgIpc) is 2.96. The molecule has 0 atom stereocenters. The number of carbonyl (C=O) groups is 1. The standard InChI is InChI=1S/C30H24FN5O3S/c1-18(20-5-4-6-21(15-20)22-10-9-19-13-14-34-29(32)25(19)16-22)28(31)30(37)36-27-12-11-23(17-35-27)24-7-2-3-8-26(24)40(33,38)39/h2-17H,1H3,(H2,32,34)(H2,33,38,39)(H,35,36,37)/b28-18+. The lowest BCUT2D eigenvalue weighted by atomic mass is 9.97. The second kappa shape index (κ2) is 10.7. The van der Waals surface area contributed by atoms with Crippen LogP contribution in [0.25, 0.3) is 38.6 Å². The molecule has 0 aliphatic rings. The highest BCUT2D eigenvalue weighted by Crippen LogP contribution is 2.30. The van der Waals surface area contributed by atoms with Gasteiger partial charge in [-0.3, -0.25) is 4.79 Å². The van der Waals surface area contributed by atoms with E-state index in [1.54, 1.807) is 48.7 Å². The van der Waals surface area contributed by atoms with Crippen molar-refractivity contribution in [1.82, 2.24) is 9.97 Å². The van der Waals surface area contributed by atoms with Crippen molar-refractivity contribution < 1.29 is 17.6 Å². The van der Waals surface area contributed by atoms with E-state index in [2.05, 4.69) is 15.3 Å². The summed E-state index contributed by atoms with van der Waals surface area (Å²) in [4.78, 5) is 20.9. The van der Waals surface area contributed by atoms with Crippen LogP contribution in [0.2, 0.25) is 0 Å². The Morgan fingerprint density at radius 2 is 1.62 bits per heavy atom. The van der Waals surface area contributed by atoms with E-state index in [9.17, 15) is 13.2 Å². The van der Waals surface area contributed by atoms with Crippen LogP contribution in [0.15, 0.2) is 108 Å². The Morgan fingerprint density at radius 1 is 0.875 bits per heavy atom. The minimum Gasteiger partial charge on any atom is -0.383 e. The maximum atomic E-state index is 15.2. The molecule has 5 aromatic rings. The number of nitrogens with zero attached hydrogens (tertiary/aromatic N) is 2. The highest BCUT2D eigenvalue weighted by Gasteiger charge is 2.17. The highest BCUT2D eigenvalue weighted by molar-refractivity contribution is 7.89. The molecule has 1 amide bonds. The summed E-state index contributed by atoms with van der Waals surface area (Å²) >= 11 is 0. The van der Waals surface area contributed by atoms with Crippen LogP contribution in [0.5, 0.6) is 0 Å². The van der Waals surface area contributed by atoms with Crippen molar-refractivity contribution in [2.45, 2.75) is 11.8 Å². The molecule has 40 heavy (non-hydrogen) atoms. The molecule has 0 bridgehead atoms. The zero-order chi connectivity index (χ0) is 28.4. The van der Waals surface area contributed by atoms with Gasteiger partial charge in [-0.2, -0.15) is 0 Å². The van der Waals surface area contributed by atoms with Gasteiger partial charge >= 0.3 is 0 Å². The molecule has 0 aliphatic heterocycles. The Bertz CT molecular complexity index is 1910. The summed E-state index contributed by atoms with van der Waals surface area (Å²) in [6, 6.07) is 24.1. The van der Waals surface area contributed by atoms with Gasteiger partial charge < -0.3 is 11.1 Å². The van der Waals surface area contributed by atoms with E-state index in [1.807, 2.05) is 30.3 Å². The van der Waals surface area contributed by atoms with Crippen molar-refractivity contribution in [3.63, 3.8) is 0 Å². The zero-order valence-corrected chi connectivity index (χ0v) is 22.1. The van der Waals surface area contributed by atoms with E-state index in [-0.39, 0.29) is 16.3 Å². The number of hydrogen-bond acceptors (Lipinski definition) is 6. The number of allylic oxidation sites excluding steroid dienone is 1. The molecule has 0 unspecified atom stereocenters. The molecule has 0 saturated carbocycles. The first kappa shape index (κ1) is 26.7. The third-order valence-corrected chi connectivity index (χ3v) is 7.43. The Morgan fingerprint density at radius 3 is 2.38 bits per heavy atom. The molecule has 0 fully saturated rings. The van der Waals surface area contributed by atoms with Crippen LogP contribution in [0.4, 0.5) is 16.0 Å². The average molecular weight is 554 g/mol. The largest absolute Gasteiger partial charge is 0.383 e. The van der Waals surface area contributed by atoms with Crippen molar-refractivity contribution in [3.8, 4) is 22.3 Å². The maximum Gasteiger partial charge on any atom is 0.285 e. The van der Waals surface area contributed by atoms with Crippen molar-refractivity contribution in [3.05, 3.63) is 109 Å². The van der Waals surface area contributed by atoms with Gasteiger partial charge in [0.15, 0.2) is 5.83 Å². The van der Waals surface area contributed by atoms with E-state index < -0.39 is 21.8 Å². The molecule has 10 heteroatoms. The molecule has 200 valence electrons. The number of nitrogen functional groups attached to an aromatic ring is 1. The van der Waals surface area contributed by atoms with Crippen LogP contribution in [0.3, 0.4) is 0 Å². The highest BCUT2D eigenvalue weighted by atomic mass is 32.2. The number of aromatic nitrogens is 2. The Labute approximate surface area is 230 Å². The van der Waals surface area contributed by atoms with Gasteiger partial charge in [0, 0.05) is 28.9 Å². The van der Waals surface area contributed by atoms with E-state index in [4.69, 9.17) is 10.9 Å². The number of benzene rings is 3. The summed E-state index contributed by atoms with van der Waals surface area (Å²) < 4.78 is 39.0. The number of carbonyl (C=O) groups excluding carboxylic acids is 1. The molecule has 0 saturated heterocycles. The number of rotatable bonds is 6. The predicted molar refractivity (Wildman–Crippen MR) is 155 cm³/mol. The van der Waals surface area contributed by atoms with Gasteiger partial charge in [0.05, 0.1) is 4.90 Å². The van der Waals surface area contributed by atoms with Gasteiger partial charge in [-0.1, -0.05) is 48.5 Å². The first-order chi connectivity index (χ1) is 19.1. The van der Waals surface area contributed by atoms with Crippen LogP contribution in [-0.2, 0) is 14.8 Å². The minimum atomic E-state index is -3.95. The summed E-state index contributed by atoms with van der Waals surface area (Å²) in [6.07, 6.45) is 3.03. The normalized spacial score (nSPS) is 12.2. The SMILES string of the molecule is C/C(=C(\F)C(=O)Nc1ccc(-c2ccccc2S(N)(=O)=O)cn1)c1cccc(-c2ccc3ccnc(N)c3c2)c1. The van der Waals surface area contributed by atoms with Gasteiger partial charge in [0.1, 0.15) is 11.6 Å². The predicted octanol–water partition coefficient (Wildman–Crippen LogP) is 5.53. The first-order valence-corrected chi connectivity index (χ1v) is 13.7. The van der Waals surface area contributed by atoms with E-state index in [1.165, 1.54) is 25.3 Å². The summed E-state index contributed by atoms with van der Waals surface area (Å²) in [5, 5.41) is 9.53. The van der Waals surface area contributed by atoms with Crippen molar-refractivity contribution in [2.24, 2.45) is 5.14 Å². The molecule has 5 rings (SSSR count). The quantitative estimate of drug-likeness (QED) is 0.236. The third-order valence-electron chi connectivity index (χ3n) is 6.46. The van der Waals surface area contributed by atoms with Gasteiger partial charge in [-0.25, -0.2) is 27.9 Å². The van der Waals surface area contributed by atoms with E-state index in [0.717, 1.165) is 21.9 Å². The number of pyridine rings is 2. The first-order valence-electron chi connectivity index (χ1n) is 12.1. The molecule has 8 nitrogen and oxygen atoms in total. The Kier molecular flexibility index (Phi) is 7.12. The third kappa shape index (κ3) is 5.44. The summed E-state index contributed by atoms with van der Waals surface area (Å²) in [7, 11) is -3.95. The van der Waals surface area contributed by atoms with Crippen molar-refractivity contribution in [1.29, 1.82) is 0 Å². The summed E-state index contributed by atoms with van der Waals surface area (Å²) in [5.74, 6) is -1.40. The number of anilines is 2. The minimum absolute atomic E-state index is 0.0516. The summed E-state index contributed by atoms with van der Waals surface area (Å²) in [5.41, 5.74) is 9.25. The topological polar surface area (TPSA) is 141 Å². The van der Waals surface area contributed by atoms with Gasteiger partial charge in [0.2, 0.25) is 10.0 Å². The van der Waals surface area contributed by atoms with Gasteiger partial charge in [-0.05, 0) is 71.0 Å². The van der Waals surface area contributed by atoms with Gasteiger partial charge in [0.25, 0.3) is 5.91 Å². The van der Waals surface area contributed by atoms with Crippen molar-refractivity contribution >= 4 is 43.9 Å². The smallest absolute Gasteiger partial charge is 0.285 e. The molecular weight excluding hydrogens is 529 g/mol. The molecular formula is C30H24FN5O3S. The Hall–Kier alpha value is -4.93. The molecule has 3 aromatic carbocycles. The number of nitrogens with two attached hydrogens (primary N) is 2. The number of halogens is 1. The second-order valence-electron chi connectivity index (χ2n) is 9.08. The van der Waals surface area contributed by atoms with Crippen LogP contribution in [0.1, 0.15) is 12.5 Å². The molecule has 2 aromatic heterocycles. The van der Waals surface area contributed by atoms with E-state index in [0.29, 0.717) is 22.5 Å². The second-order valence-corrected chi connectivity index (χ2v) is 10.6. The molecule has 0 spiro atoms. The van der Waals surface area contributed by atoms with Crippen LogP contribution in [-0.4, -0.2) is 24.3 Å². The molecule has 0 radical (unpaired) electrons. The Balaban J connectivity index is 1.37. The summed E-state index contributed by atoms with van der Waals surface area (Å²) in [6.45, 7) is 1.52. The van der Waals surface area contributed by atoms with E-state index >= 15 is 4.39 Å². The number of amides is 1. The fourth-order valence-electron chi connectivity index (χ4n) is 4.35. The number of primary sulfonamides is 1. The lowest BCUT2D eigenvalue weighted by molar-refractivity contribution is -0.114. The fourth-order valence-corrected chi connectivity index (χ4v) is 5.11. The number of sulfonamides is 1. The van der Waals surface area contributed by atoms with Crippen LogP contribution >= 0.6 is 0 Å². The number of hydrogen-bond donors (Lipinski definition) is 3.